The summed E-state index contributed by atoms with van der Waals surface area (Å²) in [6.45, 7) is 3.09. The van der Waals surface area contributed by atoms with E-state index in [1.807, 2.05) is 11.9 Å². The number of carbonyl (C=O) groups is 1. The lowest BCUT2D eigenvalue weighted by atomic mass is 10.2. The van der Waals surface area contributed by atoms with Gasteiger partial charge < -0.3 is 11.1 Å². The number of nitrogens with zero attached hydrogens (tertiary/aromatic N) is 1. The summed E-state index contributed by atoms with van der Waals surface area (Å²) in [6.07, 6.45) is 0.976. The van der Waals surface area contributed by atoms with E-state index in [0.29, 0.717) is 19.1 Å². The van der Waals surface area contributed by atoms with Crippen LogP contribution in [0.15, 0.2) is 0 Å². The van der Waals surface area contributed by atoms with Crippen molar-refractivity contribution in [3.63, 3.8) is 0 Å². The molecule has 3 N–H and O–H groups in total. The fourth-order valence-electron chi connectivity index (χ4n) is 1.09. The summed E-state index contributed by atoms with van der Waals surface area (Å²) in [5.74, 6) is 0.0319. The van der Waals surface area contributed by atoms with Gasteiger partial charge in [0.05, 0.1) is 6.54 Å². The highest BCUT2D eigenvalue weighted by molar-refractivity contribution is 5.77. The molecule has 0 rings (SSSR count). The molecule has 72 valence electrons. The standard InChI is InChI=1S/C8H19N3O/c1-4-7(5-9)11(3)6-8(12)10-2/h7H,4-6,9H2,1-3H3,(H,10,12). The first-order valence-corrected chi connectivity index (χ1v) is 4.26. The molecule has 0 aliphatic carbocycles. The Hall–Kier alpha value is -0.610. The molecule has 4 nitrogen and oxygen atoms in total. The average Bonchev–Trinajstić information content (AvgIpc) is 2.06. The Morgan fingerprint density at radius 2 is 2.25 bits per heavy atom. The highest BCUT2D eigenvalue weighted by Crippen LogP contribution is 1.98. The van der Waals surface area contributed by atoms with Gasteiger partial charge in [0.25, 0.3) is 0 Å². The van der Waals surface area contributed by atoms with Crippen molar-refractivity contribution < 1.29 is 4.79 Å². The Morgan fingerprint density at radius 3 is 2.58 bits per heavy atom. The van der Waals surface area contributed by atoms with E-state index in [4.69, 9.17) is 5.73 Å². The van der Waals surface area contributed by atoms with Crippen molar-refractivity contribution in [2.45, 2.75) is 19.4 Å². The zero-order chi connectivity index (χ0) is 9.56. The fourth-order valence-corrected chi connectivity index (χ4v) is 1.09. The molecule has 12 heavy (non-hydrogen) atoms. The number of hydrogen-bond acceptors (Lipinski definition) is 3. The third-order valence-corrected chi connectivity index (χ3v) is 2.04. The van der Waals surface area contributed by atoms with Crippen LogP contribution in [0.25, 0.3) is 0 Å². The van der Waals surface area contributed by atoms with Crippen LogP contribution in [0.5, 0.6) is 0 Å². The number of rotatable bonds is 5. The van der Waals surface area contributed by atoms with Crippen LogP contribution in [-0.2, 0) is 4.79 Å². The second-order valence-corrected chi connectivity index (χ2v) is 2.89. The molecule has 1 unspecified atom stereocenters. The molecule has 0 aromatic carbocycles. The molecule has 0 aromatic rings. The summed E-state index contributed by atoms with van der Waals surface area (Å²) < 4.78 is 0. The average molecular weight is 173 g/mol. The second kappa shape index (κ2) is 5.97. The van der Waals surface area contributed by atoms with Crippen molar-refractivity contribution in [3.05, 3.63) is 0 Å². The van der Waals surface area contributed by atoms with Crippen molar-refractivity contribution in [2.24, 2.45) is 5.73 Å². The van der Waals surface area contributed by atoms with E-state index in [2.05, 4.69) is 12.2 Å². The zero-order valence-corrected chi connectivity index (χ0v) is 8.13. The molecule has 0 spiro atoms. The predicted molar refractivity (Wildman–Crippen MR) is 49.8 cm³/mol. The summed E-state index contributed by atoms with van der Waals surface area (Å²) in [5.41, 5.74) is 5.53. The third-order valence-electron chi connectivity index (χ3n) is 2.04. The molecule has 0 fully saturated rings. The van der Waals surface area contributed by atoms with E-state index in [1.54, 1.807) is 7.05 Å². The van der Waals surface area contributed by atoms with Gasteiger partial charge in [-0.3, -0.25) is 9.69 Å². The van der Waals surface area contributed by atoms with Crippen LogP contribution in [0.4, 0.5) is 0 Å². The molecule has 0 radical (unpaired) electrons. The van der Waals surface area contributed by atoms with Gasteiger partial charge in [-0.05, 0) is 13.5 Å². The summed E-state index contributed by atoms with van der Waals surface area (Å²) in [5, 5.41) is 2.58. The molecule has 4 heteroatoms. The highest BCUT2D eigenvalue weighted by atomic mass is 16.1. The van der Waals surface area contributed by atoms with Crippen molar-refractivity contribution >= 4 is 5.91 Å². The first-order chi connectivity index (χ1) is 5.65. The molecule has 0 aromatic heterocycles. The largest absolute Gasteiger partial charge is 0.358 e. The van der Waals surface area contributed by atoms with E-state index in [1.165, 1.54) is 0 Å². The van der Waals surface area contributed by atoms with E-state index in [9.17, 15) is 4.79 Å². The molecular weight excluding hydrogens is 154 g/mol. The molecular formula is C8H19N3O. The summed E-state index contributed by atoms with van der Waals surface area (Å²) in [6, 6.07) is 0.308. The first-order valence-electron chi connectivity index (χ1n) is 4.26. The topological polar surface area (TPSA) is 58.4 Å². The van der Waals surface area contributed by atoms with Crippen LogP contribution in [0, 0.1) is 0 Å². The van der Waals surface area contributed by atoms with Crippen LogP contribution in [0.1, 0.15) is 13.3 Å². The van der Waals surface area contributed by atoms with E-state index < -0.39 is 0 Å². The van der Waals surface area contributed by atoms with Gasteiger partial charge in [-0.15, -0.1) is 0 Å². The van der Waals surface area contributed by atoms with Crippen molar-refractivity contribution in [1.29, 1.82) is 0 Å². The lowest BCUT2D eigenvalue weighted by Crippen LogP contribution is -2.42. The van der Waals surface area contributed by atoms with E-state index >= 15 is 0 Å². The number of carbonyl (C=O) groups excluding carboxylic acids is 1. The maximum Gasteiger partial charge on any atom is 0.233 e. The van der Waals surface area contributed by atoms with Crippen molar-refractivity contribution in [2.75, 3.05) is 27.2 Å². The minimum Gasteiger partial charge on any atom is -0.358 e. The third kappa shape index (κ3) is 3.69. The molecule has 0 aliphatic heterocycles. The van der Waals surface area contributed by atoms with Crippen molar-refractivity contribution in [1.82, 2.24) is 10.2 Å². The molecule has 0 aliphatic rings. The molecule has 0 heterocycles. The summed E-state index contributed by atoms with van der Waals surface area (Å²) in [7, 11) is 3.55. The van der Waals surface area contributed by atoms with Crippen molar-refractivity contribution in [3.8, 4) is 0 Å². The minimum atomic E-state index is 0.0319. The van der Waals surface area contributed by atoms with Crippen LogP contribution < -0.4 is 11.1 Å². The van der Waals surface area contributed by atoms with Gasteiger partial charge in [0, 0.05) is 19.6 Å². The Balaban J connectivity index is 3.83. The van der Waals surface area contributed by atoms with Gasteiger partial charge >= 0.3 is 0 Å². The summed E-state index contributed by atoms with van der Waals surface area (Å²) >= 11 is 0. The Labute approximate surface area is 74.1 Å². The van der Waals surface area contributed by atoms with Gasteiger partial charge in [0.15, 0.2) is 0 Å². The normalized spacial score (nSPS) is 13.1. The molecule has 1 atom stereocenters. The smallest absolute Gasteiger partial charge is 0.233 e. The molecule has 1 amide bonds. The molecule has 0 bridgehead atoms. The minimum absolute atomic E-state index is 0.0319. The molecule has 0 saturated carbocycles. The number of likely N-dealkylation sites (N-methyl/N-ethyl adjacent to an activating group) is 2. The first kappa shape index (κ1) is 11.4. The van der Waals surface area contributed by atoms with Gasteiger partial charge in [-0.25, -0.2) is 0 Å². The number of hydrogen-bond donors (Lipinski definition) is 2. The van der Waals surface area contributed by atoms with E-state index in [-0.39, 0.29) is 5.91 Å². The zero-order valence-electron chi connectivity index (χ0n) is 8.13. The van der Waals surface area contributed by atoms with Crippen LogP contribution in [-0.4, -0.2) is 44.0 Å². The van der Waals surface area contributed by atoms with Crippen LogP contribution >= 0.6 is 0 Å². The second-order valence-electron chi connectivity index (χ2n) is 2.89. The monoisotopic (exact) mass is 173 g/mol. The van der Waals surface area contributed by atoms with Gasteiger partial charge in [0.1, 0.15) is 0 Å². The molecule has 0 saturated heterocycles. The van der Waals surface area contributed by atoms with Crippen LogP contribution in [0.2, 0.25) is 0 Å². The van der Waals surface area contributed by atoms with Crippen LogP contribution in [0.3, 0.4) is 0 Å². The summed E-state index contributed by atoms with van der Waals surface area (Å²) in [4.78, 5) is 12.9. The maximum atomic E-state index is 11.0. The Morgan fingerprint density at radius 1 is 1.67 bits per heavy atom. The maximum absolute atomic E-state index is 11.0. The van der Waals surface area contributed by atoms with Gasteiger partial charge in [-0.2, -0.15) is 0 Å². The van der Waals surface area contributed by atoms with Gasteiger partial charge in [-0.1, -0.05) is 6.92 Å². The van der Waals surface area contributed by atoms with E-state index in [0.717, 1.165) is 6.42 Å². The highest BCUT2D eigenvalue weighted by Gasteiger charge is 2.12. The Kier molecular flexibility index (Phi) is 5.66. The number of amides is 1. The fraction of sp³-hybridized carbons (Fsp3) is 0.875. The quantitative estimate of drug-likeness (QED) is 0.584. The SMILES string of the molecule is CCC(CN)N(C)CC(=O)NC. The van der Waals surface area contributed by atoms with Gasteiger partial charge in [0.2, 0.25) is 5.91 Å². The number of nitrogens with one attached hydrogen (secondary N) is 1. The number of nitrogens with two attached hydrogens (primary N) is 1. The predicted octanol–water partition coefficient (Wildman–Crippen LogP) is -0.598. The Bertz CT molecular complexity index is 134. The lowest BCUT2D eigenvalue weighted by molar-refractivity contribution is -0.121. The lowest BCUT2D eigenvalue weighted by Gasteiger charge is -2.24.